The molecule has 2 rings (SSSR count). The minimum atomic E-state index is 0.0642. The molecule has 0 bridgehead atoms. The molecule has 18 heavy (non-hydrogen) atoms. The average Bonchev–Trinajstić information content (AvgIpc) is 2.88. The maximum absolute atomic E-state index is 12.3. The van der Waals surface area contributed by atoms with E-state index in [1.54, 1.807) is 10.9 Å². The Morgan fingerprint density at radius 3 is 2.78 bits per heavy atom. The summed E-state index contributed by atoms with van der Waals surface area (Å²) in [5.74, 6) is 0.786. The maximum atomic E-state index is 12.3. The molecule has 0 radical (unpaired) electrons. The summed E-state index contributed by atoms with van der Waals surface area (Å²) in [6, 6.07) is 1.85. The number of thiophene rings is 1. The number of fused-ring (bicyclic) bond motifs is 1. The molecule has 0 saturated heterocycles. The van der Waals surface area contributed by atoms with Gasteiger partial charge in [-0.25, -0.2) is 4.98 Å². The van der Waals surface area contributed by atoms with E-state index in [0.29, 0.717) is 6.54 Å². The number of rotatable bonds is 5. The Bertz CT molecular complexity index is 576. The zero-order valence-corrected chi connectivity index (χ0v) is 12.4. The highest BCUT2D eigenvalue weighted by Crippen LogP contribution is 2.29. The number of hydrogen-bond donors (Lipinski definition) is 1. The van der Waals surface area contributed by atoms with E-state index in [1.807, 2.05) is 11.4 Å². The molecule has 0 amide bonds. The van der Waals surface area contributed by atoms with Crippen LogP contribution in [0.4, 0.5) is 0 Å². The van der Waals surface area contributed by atoms with Gasteiger partial charge in [0.25, 0.3) is 5.56 Å². The number of thiol groups is 1. The summed E-state index contributed by atoms with van der Waals surface area (Å²) in [5.41, 5.74) is 0.146. The van der Waals surface area contributed by atoms with Crippen LogP contribution < -0.4 is 5.56 Å². The van der Waals surface area contributed by atoms with Gasteiger partial charge in [0.15, 0.2) is 0 Å². The summed E-state index contributed by atoms with van der Waals surface area (Å²) in [6.07, 6.45) is 3.70. The molecular formula is C13H18N2OS2. The van der Waals surface area contributed by atoms with Gasteiger partial charge in [-0.05, 0) is 35.5 Å². The van der Waals surface area contributed by atoms with Crippen molar-refractivity contribution < 1.29 is 0 Å². The van der Waals surface area contributed by atoms with Crippen LogP contribution in [0.2, 0.25) is 0 Å². The van der Waals surface area contributed by atoms with Gasteiger partial charge < -0.3 is 0 Å². The third-order valence-corrected chi connectivity index (χ3v) is 5.28. The highest BCUT2D eigenvalue weighted by molar-refractivity contribution is 7.80. The third-order valence-electron chi connectivity index (χ3n) is 3.79. The van der Waals surface area contributed by atoms with E-state index in [0.717, 1.165) is 28.8 Å². The summed E-state index contributed by atoms with van der Waals surface area (Å²) in [7, 11) is 0. The fourth-order valence-corrected chi connectivity index (χ4v) is 3.39. The van der Waals surface area contributed by atoms with Crippen molar-refractivity contribution in [1.29, 1.82) is 0 Å². The number of aromatic nitrogens is 2. The smallest absolute Gasteiger partial charge is 0.262 e. The Hall–Kier alpha value is -0.810. The lowest BCUT2D eigenvalue weighted by atomic mass is 9.84. The monoisotopic (exact) mass is 282 g/mol. The van der Waals surface area contributed by atoms with Gasteiger partial charge in [-0.15, -0.1) is 11.3 Å². The van der Waals surface area contributed by atoms with E-state index in [9.17, 15) is 4.79 Å². The average molecular weight is 282 g/mol. The lowest BCUT2D eigenvalue weighted by molar-refractivity contribution is 0.254. The first-order chi connectivity index (χ1) is 8.65. The summed E-state index contributed by atoms with van der Waals surface area (Å²) >= 11 is 5.96. The fraction of sp³-hybridized carbons (Fsp3) is 0.538. The SMILES string of the molecule is CCC(CC)(CS)Cn1cnc2sccc2c1=O. The molecule has 2 heterocycles. The zero-order valence-electron chi connectivity index (χ0n) is 10.7. The van der Waals surface area contributed by atoms with Gasteiger partial charge in [0.1, 0.15) is 4.83 Å². The first-order valence-corrected chi connectivity index (χ1v) is 7.70. The van der Waals surface area contributed by atoms with E-state index >= 15 is 0 Å². The summed E-state index contributed by atoms with van der Waals surface area (Å²) in [6.45, 7) is 5.00. The fourth-order valence-electron chi connectivity index (χ4n) is 2.11. The second-order valence-corrected chi connectivity index (χ2v) is 5.89. The highest BCUT2D eigenvalue weighted by atomic mass is 32.1. The third kappa shape index (κ3) is 2.34. The van der Waals surface area contributed by atoms with Crippen LogP contribution in [0.1, 0.15) is 26.7 Å². The Balaban J connectivity index is 2.42. The molecule has 0 aliphatic heterocycles. The van der Waals surface area contributed by atoms with Crippen molar-refractivity contribution in [3.05, 3.63) is 28.1 Å². The van der Waals surface area contributed by atoms with Crippen LogP contribution in [-0.2, 0) is 6.54 Å². The van der Waals surface area contributed by atoms with E-state index in [-0.39, 0.29) is 11.0 Å². The normalized spacial score (nSPS) is 12.2. The van der Waals surface area contributed by atoms with Crippen molar-refractivity contribution in [3.8, 4) is 0 Å². The van der Waals surface area contributed by atoms with Crippen molar-refractivity contribution in [1.82, 2.24) is 9.55 Å². The molecule has 0 spiro atoms. The first-order valence-electron chi connectivity index (χ1n) is 6.19. The Morgan fingerprint density at radius 1 is 1.44 bits per heavy atom. The minimum Gasteiger partial charge on any atom is -0.298 e. The molecule has 0 fully saturated rings. The van der Waals surface area contributed by atoms with Gasteiger partial charge in [-0.1, -0.05) is 13.8 Å². The molecule has 0 atom stereocenters. The van der Waals surface area contributed by atoms with E-state index in [1.165, 1.54) is 11.3 Å². The van der Waals surface area contributed by atoms with E-state index in [2.05, 4.69) is 31.5 Å². The van der Waals surface area contributed by atoms with Crippen molar-refractivity contribution in [3.63, 3.8) is 0 Å². The van der Waals surface area contributed by atoms with Crippen molar-refractivity contribution in [2.45, 2.75) is 33.2 Å². The van der Waals surface area contributed by atoms with Crippen LogP contribution in [0.5, 0.6) is 0 Å². The summed E-state index contributed by atoms with van der Waals surface area (Å²) in [5, 5.41) is 2.64. The second kappa shape index (κ2) is 5.45. The van der Waals surface area contributed by atoms with Gasteiger partial charge in [0.2, 0.25) is 0 Å². The minimum absolute atomic E-state index is 0.0642. The van der Waals surface area contributed by atoms with E-state index < -0.39 is 0 Å². The molecule has 5 heteroatoms. The lowest BCUT2D eigenvalue weighted by Crippen LogP contribution is -2.33. The highest BCUT2D eigenvalue weighted by Gasteiger charge is 2.25. The Labute approximate surface area is 116 Å². The standard InChI is InChI=1S/C13H18N2OS2/c1-3-13(4-2,8-17)7-15-9-14-11-10(12(15)16)5-6-18-11/h5-6,9,17H,3-4,7-8H2,1-2H3. The van der Waals surface area contributed by atoms with Gasteiger partial charge in [0.05, 0.1) is 11.7 Å². The van der Waals surface area contributed by atoms with Gasteiger partial charge in [-0.2, -0.15) is 12.6 Å². The molecule has 0 aliphatic rings. The van der Waals surface area contributed by atoms with Crippen LogP contribution in [0.25, 0.3) is 10.2 Å². The van der Waals surface area contributed by atoms with Gasteiger partial charge in [-0.3, -0.25) is 9.36 Å². The van der Waals surface area contributed by atoms with E-state index in [4.69, 9.17) is 0 Å². The van der Waals surface area contributed by atoms with Crippen molar-refractivity contribution in [2.75, 3.05) is 5.75 Å². The molecule has 0 aliphatic carbocycles. The van der Waals surface area contributed by atoms with Crippen LogP contribution >= 0.6 is 24.0 Å². The zero-order chi connectivity index (χ0) is 13.2. The molecule has 0 N–H and O–H groups in total. The molecule has 0 saturated carbocycles. The predicted molar refractivity (Wildman–Crippen MR) is 80.7 cm³/mol. The van der Waals surface area contributed by atoms with Crippen LogP contribution in [-0.4, -0.2) is 15.3 Å². The van der Waals surface area contributed by atoms with Gasteiger partial charge in [0, 0.05) is 6.54 Å². The molecular weight excluding hydrogens is 264 g/mol. The lowest BCUT2D eigenvalue weighted by Gasteiger charge is -2.30. The maximum Gasteiger partial charge on any atom is 0.262 e. The second-order valence-electron chi connectivity index (χ2n) is 4.68. The van der Waals surface area contributed by atoms with Crippen molar-refractivity contribution >= 4 is 34.2 Å². The largest absolute Gasteiger partial charge is 0.298 e. The topological polar surface area (TPSA) is 34.9 Å². The summed E-state index contributed by atoms with van der Waals surface area (Å²) in [4.78, 5) is 17.5. The van der Waals surface area contributed by atoms with Crippen LogP contribution in [0.15, 0.2) is 22.6 Å². The van der Waals surface area contributed by atoms with Crippen molar-refractivity contribution in [2.24, 2.45) is 5.41 Å². The Morgan fingerprint density at radius 2 is 2.17 bits per heavy atom. The molecule has 3 nitrogen and oxygen atoms in total. The number of nitrogens with zero attached hydrogens (tertiary/aromatic N) is 2. The van der Waals surface area contributed by atoms with Crippen LogP contribution in [0.3, 0.4) is 0 Å². The first kappa shape index (κ1) is 13.6. The molecule has 0 unspecified atom stereocenters. The quantitative estimate of drug-likeness (QED) is 0.855. The van der Waals surface area contributed by atoms with Crippen LogP contribution in [0, 0.1) is 5.41 Å². The predicted octanol–water partition coefficient (Wildman–Crippen LogP) is 3.19. The molecule has 0 aromatic carbocycles. The number of hydrogen-bond acceptors (Lipinski definition) is 4. The molecule has 98 valence electrons. The summed E-state index contributed by atoms with van der Waals surface area (Å²) < 4.78 is 1.73. The molecule has 2 aromatic rings. The molecule has 2 aromatic heterocycles. The Kier molecular flexibility index (Phi) is 4.12. The van der Waals surface area contributed by atoms with Gasteiger partial charge >= 0.3 is 0 Å².